The molecule has 3 atom stereocenters. The van der Waals surface area contributed by atoms with E-state index in [0.717, 1.165) is 0 Å². The van der Waals surface area contributed by atoms with Crippen LogP contribution in [0.4, 0.5) is 0 Å². The zero-order valence-corrected chi connectivity index (χ0v) is 20.6. The summed E-state index contributed by atoms with van der Waals surface area (Å²) in [6.45, 7) is 10.0. The van der Waals surface area contributed by atoms with Gasteiger partial charge in [0.25, 0.3) is 27.0 Å². The maximum absolute atomic E-state index is 12.5. The zero-order valence-electron chi connectivity index (χ0n) is 18.0. The van der Waals surface area contributed by atoms with Gasteiger partial charge in [-0.15, -0.1) is 0 Å². The van der Waals surface area contributed by atoms with Gasteiger partial charge in [-0.25, -0.2) is 0 Å². The van der Waals surface area contributed by atoms with Crippen LogP contribution in [0.1, 0.15) is 54.2 Å². The molecule has 30 heavy (non-hydrogen) atoms. The Balaban J connectivity index is 4.07. The first-order valence-corrected chi connectivity index (χ1v) is 13.5. The topological polar surface area (TPSA) is 152 Å². The van der Waals surface area contributed by atoms with Crippen molar-refractivity contribution in [1.29, 1.82) is 0 Å². The summed E-state index contributed by atoms with van der Waals surface area (Å²) in [6, 6.07) is 0. The highest BCUT2D eigenvalue weighted by molar-refractivity contribution is 7.52. The van der Waals surface area contributed by atoms with E-state index >= 15 is 0 Å². The minimum absolute atomic E-state index is 0.0229. The Morgan fingerprint density at radius 3 is 1.57 bits per heavy atom. The second-order valence-electron chi connectivity index (χ2n) is 6.34. The predicted octanol–water partition coefficient (Wildman–Crippen LogP) is 1.69. The molecule has 0 aliphatic heterocycles. The van der Waals surface area contributed by atoms with Crippen LogP contribution in [0.15, 0.2) is 0 Å². The first kappa shape index (κ1) is 27.5. The van der Waals surface area contributed by atoms with Crippen molar-refractivity contribution < 1.29 is 43.0 Å². The minimum atomic E-state index is -4.03. The molecule has 0 fully saturated rings. The summed E-state index contributed by atoms with van der Waals surface area (Å²) in [4.78, 5) is 54.0. The van der Waals surface area contributed by atoms with Gasteiger partial charge >= 0.3 is 7.60 Å². The highest BCUT2D eigenvalue weighted by Gasteiger charge is 2.32. The predicted molar refractivity (Wildman–Crippen MR) is 116 cm³/mol. The van der Waals surface area contributed by atoms with E-state index in [0.29, 0.717) is 22.3 Å². The minimum Gasteiger partial charge on any atom is -0.601 e. The van der Waals surface area contributed by atoms with Crippen LogP contribution in [0.3, 0.4) is 0 Å². The molecule has 1 rings (SSSR count). The van der Waals surface area contributed by atoms with Gasteiger partial charge in [0.05, 0.1) is 37.1 Å². The molecule has 0 aliphatic rings. The second-order valence-corrected chi connectivity index (χ2v) is 10.1. The number of benzene rings is 1. The van der Waals surface area contributed by atoms with Crippen molar-refractivity contribution in [3.8, 4) is 0 Å². The van der Waals surface area contributed by atoms with Crippen molar-refractivity contribution >= 4 is 34.6 Å². The van der Waals surface area contributed by atoms with Gasteiger partial charge in [0.2, 0.25) is 0 Å². The maximum atomic E-state index is 12.5. The second kappa shape index (κ2) is 11.9. The maximum Gasteiger partial charge on any atom is 0.332 e. The third-order valence-electron chi connectivity index (χ3n) is 4.43. The van der Waals surface area contributed by atoms with Crippen LogP contribution in [0.2, 0.25) is 0 Å². The van der Waals surface area contributed by atoms with Crippen LogP contribution in [-0.2, 0) is 24.7 Å². The van der Waals surface area contributed by atoms with Crippen molar-refractivity contribution in [2.24, 2.45) is 0 Å². The van der Waals surface area contributed by atoms with Crippen LogP contribution in [-0.4, -0.2) is 45.5 Å². The molecule has 0 saturated carbocycles. The van der Waals surface area contributed by atoms with Crippen molar-refractivity contribution in [2.45, 2.75) is 47.7 Å². The Labute approximate surface area is 178 Å². The smallest absolute Gasteiger partial charge is 0.332 e. The Hall–Kier alpha value is -0.530. The molecule has 1 aromatic rings. The van der Waals surface area contributed by atoms with Crippen molar-refractivity contribution in [1.82, 2.24) is 0 Å². The summed E-state index contributed by atoms with van der Waals surface area (Å²) in [6.07, 6.45) is -0.387. The van der Waals surface area contributed by atoms with E-state index in [1.54, 1.807) is 41.5 Å². The average Bonchev–Trinajstić information content (AvgIpc) is 2.63. The molecular formula is C18H29O9P3. The standard InChI is InChI=1S/C18H29O9P3/c1-7-25-17(28(19)20)15-11(4)14(10-30(23,24)27-9-3)12(5)16(13(15)6)18(26-8-2)29(21)22/h7-10H2,1-6H3,(H,19,20)(H,21,22)(H,23,24). The molecule has 9 nitrogen and oxygen atoms in total. The van der Waals surface area contributed by atoms with Crippen LogP contribution in [0, 0.1) is 20.8 Å². The monoisotopic (exact) mass is 482 g/mol. The summed E-state index contributed by atoms with van der Waals surface area (Å²) in [5.41, 5.74) is 1.72. The van der Waals surface area contributed by atoms with Gasteiger partial charge in [-0.3, -0.25) is 4.57 Å². The van der Waals surface area contributed by atoms with Crippen LogP contribution < -0.4 is 9.79 Å². The van der Waals surface area contributed by atoms with Crippen LogP contribution >= 0.6 is 23.6 Å². The summed E-state index contributed by atoms with van der Waals surface area (Å²) in [5.74, 6) is 0. The number of hydrogen-bond acceptors (Lipinski definition) is 8. The lowest BCUT2D eigenvalue weighted by Crippen LogP contribution is -2.21. The van der Waals surface area contributed by atoms with E-state index in [-0.39, 0.29) is 48.1 Å². The molecule has 1 aromatic carbocycles. The highest BCUT2D eigenvalue weighted by Crippen LogP contribution is 2.48. The Morgan fingerprint density at radius 2 is 1.27 bits per heavy atom. The normalized spacial score (nSPS) is 15.6. The van der Waals surface area contributed by atoms with Crippen molar-refractivity contribution in [2.75, 3.05) is 19.8 Å². The lowest BCUT2D eigenvalue weighted by Gasteiger charge is -2.22. The van der Waals surface area contributed by atoms with Crippen molar-refractivity contribution in [3.63, 3.8) is 0 Å². The molecular weight excluding hydrogens is 453 g/mol. The van der Waals surface area contributed by atoms with Crippen molar-refractivity contribution in [3.05, 3.63) is 33.4 Å². The lowest BCUT2D eigenvalue weighted by atomic mass is 9.89. The highest BCUT2D eigenvalue weighted by atomic mass is 31.2. The molecule has 0 radical (unpaired) electrons. The molecule has 0 aliphatic carbocycles. The van der Waals surface area contributed by atoms with E-state index in [4.69, 9.17) is 14.0 Å². The largest absolute Gasteiger partial charge is 0.601 e. The van der Waals surface area contributed by atoms with Crippen LogP contribution in [0.25, 0.3) is 0 Å². The molecule has 0 saturated heterocycles. The summed E-state index contributed by atoms with van der Waals surface area (Å²) < 4.78 is 28.3. The molecule has 0 aromatic heterocycles. The Kier molecular flexibility index (Phi) is 10.9. The van der Waals surface area contributed by atoms with Gasteiger partial charge in [-0.1, -0.05) is 0 Å². The van der Waals surface area contributed by atoms with Crippen LogP contribution in [0.5, 0.6) is 0 Å². The number of ether oxygens (including phenoxy) is 2. The first-order chi connectivity index (χ1) is 13.9. The van der Waals surface area contributed by atoms with Gasteiger partial charge < -0.3 is 28.7 Å². The molecule has 3 N–H and O–H groups in total. The molecule has 0 amide bonds. The Bertz CT molecular complexity index is 830. The van der Waals surface area contributed by atoms with Gasteiger partial charge in [0.1, 0.15) is 0 Å². The van der Waals surface area contributed by atoms with Gasteiger partial charge in [-0.2, -0.15) is 9.79 Å². The van der Waals surface area contributed by atoms with E-state index in [1.165, 1.54) is 0 Å². The van der Waals surface area contributed by atoms with E-state index in [9.17, 15) is 29.0 Å². The summed E-state index contributed by atoms with van der Waals surface area (Å²) in [5, 5.41) is 0. The molecule has 12 heteroatoms. The SMILES string of the molecule is CCOC(c1c(C)c(CP(=O)(O)OCC)c(C)c(C(OCC)=[P+]([O-])O)c1C)=[P+]([O-])O. The van der Waals surface area contributed by atoms with E-state index < -0.39 is 23.6 Å². The third-order valence-corrected chi connectivity index (χ3v) is 7.21. The fraction of sp³-hybridized carbons (Fsp3) is 0.556. The molecule has 0 bridgehead atoms. The van der Waals surface area contributed by atoms with E-state index in [1.807, 2.05) is 0 Å². The van der Waals surface area contributed by atoms with E-state index in [2.05, 4.69) is 0 Å². The summed E-state index contributed by atoms with van der Waals surface area (Å²) >= 11 is 0. The Morgan fingerprint density at radius 1 is 0.867 bits per heavy atom. The molecule has 0 heterocycles. The summed E-state index contributed by atoms with van der Waals surface area (Å²) in [7, 11) is -9.83. The van der Waals surface area contributed by atoms with Gasteiger partial charge in [0, 0.05) is 0 Å². The fourth-order valence-corrected chi connectivity index (χ4v) is 6.22. The molecule has 3 unspecified atom stereocenters. The first-order valence-electron chi connectivity index (χ1n) is 9.34. The lowest BCUT2D eigenvalue weighted by molar-refractivity contribution is -0.169. The van der Waals surface area contributed by atoms with Gasteiger partial charge in [0.15, 0.2) is 0 Å². The fourth-order valence-electron chi connectivity index (χ4n) is 3.32. The molecule has 170 valence electrons. The van der Waals surface area contributed by atoms with Gasteiger partial charge in [-0.05, 0) is 63.8 Å². The third kappa shape index (κ3) is 6.49. The molecule has 0 spiro atoms. The number of hydrogen-bond donors (Lipinski definition) is 3. The number of rotatable bonds is 10. The average molecular weight is 482 g/mol. The zero-order chi connectivity index (χ0) is 23.2. The quantitative estimate of drug-likeness (QED) is 0.423.